The molecule has 4 rings (SSSR count). The predicted octanol–water partition coefficient (Wildman–Crippen LogP) is 3.81. The number of hydrogen-bond acceptors (Lipinski definition) is 5. The molecule has 4 aromatic rings. The second-order valence-electron chi connectivity index (χ2n) is 6.59. The molecule has 3 aromatic carbocycles. The van der Waals surface area contributed by atoms with E-state index in [1.165, 1.54) is 24.3 Å². The lowest BCUT2D eigenvalue weighted by molar-refractivity contribution is -0.212. The summed E-state index contributed by atoms with van der Waals surface area (Å²) < 4.78 is 33.9. The van der Waals surface area contributed by atoms with Crippen molar-refractivity contribution in [2.45, 2.75) is 11.8 Å². The van der Waals surface area contributed by atoms with Crippen LogP contribution in [0.25, 0.3) is 22.4 Å². The minimum absolute atomic E-state index is 0.0640. The zero-order chi connectivity index (χ0) is 21.1. The third-order valence-electron chi connectivity index (χ3n) is 4.57. The van der Waals surface area contributed by atoms with Gasteiger partial charge in [0.05, 0.1) is 10.5 Å². The minimum atomic E-state index is -4.13. The molecule has 7 heteroatoms. The van der Waals surface area contributed by atoms with Crippen LogP contribution >= 0.6 is 0 Å². The first-order valence-electron chi connectivity index (χ1n) is 9.15. The Balaban J connectivity index is 1.68. The molecule has 0 saturated carbocycles. The van der Waals surface area contributed by atoms with Gasteiger partial charge in [0.1, 0.15) is 11.5 Å². The summed E-state index contributed by atoms with van der Waals surface area (Å²) in [5.74, 6) is -0.186. The van der Waals surface area contributed by atoms with Crippen LogP contribution < -0.4 is 5.11 Å². The van der Waals surface area contributed by atoms with E-state index < -0.39 is 15.9 Å². The molecule has 6 nitrogen and oxygen atoms in total. The standard InChI is InChI=1S/C23H18N2O4S/c1-16-21(22(24-29-16)18-8-4-2-5-9-18)17-12-14-20(15-13-17)30(27,28)25-23(26)19-10-6-3-7-11-19/h2-15H,1H3,(H,25,26)/p-1. The molecule has 30 heavy (non-hydrogen) atoms. The van der Waals surface area contributed by atoms with E-state index in [1.54, 1.807) is 37.3 Å². The third kappa shape index (κ3) is 3.88. The Morgan fingerprint density at radius 1 is 0.867 bits per heavy atom. The molecule has 0 atom stereocenters. The molecule has 1 heterocycles. The number of sulfonamides is 1. The Bertz CT molecular complexity index is 1290. The molecule has 0 amide bonds. The van der Waals surface area contributed by atoms with Crippen molar-refractivity contribution in [1.29, 1.82) is 0 Å². The van der Waals surface area contributed by atoms with Crippen LogP contribution in [0.15, 0.2) is 98.7 Å². The SMILES string of the molecule is Cc1onc(-c2ccccc2)c1-c1ccc(S(=O)(=O)/N=C(\[O-])c2ccccc2)cc1. The van der Waals surface area contributed by atoms with E-state index >= 15 is 0 Å². The Morgan fingerprint density at radius 2 is 1.47 bits per heavy atom. The van der Waals surface area contributed by atoms with Crippen molar-refractivity contribution in [3.63, 3.8) is 0 Å². The van der Waals surface area contributed by atoms with E-state index in [1.807, 2.05) is 30.3 Å². The van der Waals surface area contributed by atoms with E-state index in [2.05, 4.69) is 9.55 Å². The Hall–Kier alpha value is -3.71. The van der Waals surface area contributed by atoms with Crippen molar-refractivity contribution in [3.05, 3.63) is 96.3 Å². The van der Waals surface area contributed by atoms with Crippen LogP contribution in [0.4, 0.5) is 0 Å². The van der Waals surface area contributed by atoms with Crippen LogP contribution in [0.3, 0.4) is 0 Å². The van der Waals surface area contributed by atoms with E-state index in [0.717, 1.165) is 16.7 Å². The van der Waals surface area contributed by atoms with E-state index in [9.17, 15) is 13.5 Å². The highest BCUT2D eigenvalue weighted by atomic mass is 32.2. The molecular weight excluding hydrogens is 400 g/mol. The Kier molecular flexibility index (Phi) is 5.20. The van der Waals surface area contributed by atoms with Gasteiger partial charge in [-0.2, -0.15) is 12.8 Å². The fourth-order valence-electron chi connectivity index (χ4n) is 3.09. The second kappa shape index (κ2) is 7.96. The van der Waals surface area contributed by atoms with Crippen LogP contribution in [0.1, 0.15) is 11.3 Å². The average molecular weight is 417 g/mol. The highest BCUT2D eigenvalue weighted by Gasteiger charge is 2.18. The van der Waals surface area contributed by atoms with E-state index in [0.29, 0.717) is 11.5 Å². The van der Waals surface area contributed by atoms with Gasteiger partial charge in [-0.1, -0.05) is 78.0 Å². The maximum absolute atomic E-state index is 12.6. The monoisotopic (exact) mass is 417 g/mol. The van der Waals surface area contributed by atoms with Gasteiger partial charge in [-0.15, -0.1) is 0 Å². The van der Waals surface area contributed by atoms with Gasteiger partial charge in [0.25, 0.3) is 10.0 Å². The molecule has 0 bridgehead atoms. The molecule has 1 aromatic heterocycles. The predicted molar refractivity (Wildman–Crippen MR) is 112 cm³/mol. The van der Waals surface area contributed by atoms with Crippen molar-refractivity contribution in [2.24, 2.45) is 4.40 Å². The molecule has 0 spiro atoms. The fraction of sp³-hybridized carbons (Fsp3) is 0.0435. The zero-order valence-corrected chi connectivity index (χ0v) is 16.8. The van der Waals surface area contributed by atoms with Gasteiger partial charge >= 0.3 is 0 Å². The van der Waals surface area contributed by atoms with Crippen molar-refractivity contribution in [1.82, 2.24) is 5.16 Å². The van der Waals surface area contributed by atoms with Gasteiger partial charge < -0.3 is 9.63 Å². The molecule has 0 N–H and O–H groups in total. The average Bonchev–Trinajstić information content (AvgIpc) is 3.16. The molecule has 0 radical (unpaired) electrons. The molecule has 150 valence electrons. The summed E-state index contributed by atoms with van der Waals surface area (Å²) in [6.45, 7) is 1.80. The first-order chi connectivity index (χ1) is 14.5. The van der Waals surface area contributed by atoms with Crippen molar-refractivity contribution >= 4 is 15.9 Å². The first-order valence-corrected chi connectivity index (χ1v) is 10.6. The summed E-state index contributed by atoms with van der Waals surface area (Å²) in [5.41, 5.74) is 3.31. The molecular formula is C23H17N2O4S-. The van der Waals surface area contributed by atoms with Crippen LogP contribution in [0.5, 0.6) is 0 Å². The highest BCUT2D eigenvalue weighted by molar-refractivity contribution is 7.90. The second-order valence-corrected chi connectivity index (χ2v) is 8.19. The van der Waals surface area contributed by atoms with Crippen molar-refractivity contribution in [2.75, 3.05) is 0 Å². The molecule has 0 aliphatic rings. The maximum Gasteiger partial charge on any atom is 0.281 e. The lowest BCUT2D eigenvalue weighted by Gasteiger charge is -2.10. The number of nitrogens with zero attached hydrogens (tertiary/aromatic N) is 2. The van der Waals surface area contributed by atoms with Gasteiger partial charge in [-0.3, -0.25) is 0 Å². The quantitative estimate of drug-likeness (QED) is 0.363. The van der Waals surface area contributed by atoms with Crippen molar-refractivity contribution < 1.29 is 18.0 Å². The molecule has 0 saturated heterocycles. The number of hydrogen-bond donors (Lipinski definition) is 0. The van der Waals surface area contributed by atoms with Gasteiger partial charge in [0, 0.05) is 11.5 Å². The van der Waals surface area contributed by atoms with Gasteiger partial charge in [-0.05, 0) is 30.2 Å². The molecule has 0 fully saturated rings. The summed E-state index contributed by atoms with van der Waals surface area (Å²) in [4.78, 5) is -0.0640. The first kappa shape index (κ1) is 19.6. The van der Waals surface area contributed by atoms with Crippen LogP contribution in [0.2, 0.25) is 0 Å². The number of benzene rings is 3. The number of aryl methyl sites for hydroxylation is 1. The summed E-state index contributed by atoms with van der Waals surface area (Å²) >= 11 is 0. The molecule has 0 aliphatic heterocycles. The summed E-state index contributed by atoms with van der Waals surface area (Å²) in [7, 11) is -4.13. The van der Waals surface area contributed by atoms with Gasteiger partial charge in [0.2, 0.25) is 0 Å². The summed E-state index contributed by atoms with van der Waals surface area (Å²) in [6, 6.07) is 23.8. The van der Waals surface area contributed by atoms with Crippen molar-refractivity contribution in [3.8, 4) is 22.4 Å². The third-order valence-corrected chi connectivity index (χ3v) is 5.85. The van der Waals surface area contributed by atoms with Crippen LogP contribution in [-0.2, 0) is 10.0 Å². The Labute approximate surface area is 174 Å². The maximum atomic E-state index is 12.6. The van der Waals surface area contributed by atoms with Crippen LogP contribution in [0, 0.1) is 6.92 Å². The molecule has 0 unspecified atom stereocenters. The highest BCUT2D eigenvalue weighted by Crippen LogP contribution is 2.34. The zero-order valence-electron chi connectivity index (χ0n) is 16.0. The number of rotatable bonds is 5. The molecule has 0 aliphatic carbocycles. The Morgan fingerprint density at radius 3 is 2.10 bits per heavy atom. The van der Waals surface area contributed by atoms with E-state index in [4.69, 9.17) is 4.52 Å². The fourth-order valence-corrected chi connectivity index (χ4v) is 4.00. The topological polar surface area (TPSA) is 95.6 Å². The smallest absolute Gasteiger partial charge is 0.281 e. The van der Waals surface area contributed by atoms with Gasteiger partial charge in [0.15, 0.2) is 0 Å². The largest absolute Gasteiger partial charge is 0.858 e. The van der Waals surface area contributed by atoms with Gasteiger partial charge in [-0.25, -0.2) is 0 Å². The lowest BCUT2D eigenvalue weighted by Crippen LogP contribution is -2.20. The van der Waals surface area contributed by atoms with Crippen LogP contribution in [-0.4, -0.2) is 19.5 Å². The normalized spacial score (nSPS) is 12.1. The number of aromatic nitrogens is 1. The minimum Gasteiger partial charge on any atom is -0.858 e. The summed E-state index contributed by atoms with van der Waals surface area (Å²) in [5, 5.41) is 16.3. The lowest BCUT2D eigenvalue weighted by atomic mass is 10.00. The summed E-state index contributed by atoms with van der Waals surface area (Å²) in [6.07, 6.45) is 0. The van der Waals surface area contributed by atoms with E-state index in [-0.39, 0.29) is 10.5 Å².